The molecule has 9 heteroatoms. The zero-order valence-electron chi connectivity index (χ0n) is 14.1. The van der Waals surface area contributed by atoms with Gasteiger partial charge < -0.3 is 10.2 Å². The van der Waals surface area contributed by atoms with E-state index in [1.54, 1.807) is 4.90 Å². The molecule has 1 amide bonds. The van der Waals surface area contributed by atoms with E-state index in [0.717, 1.165) is 6.07 Å². The molecule has 1 N–H and O–H groups in total. The Morgan fingerprint density at radius 3 is 2.44 bits per heavy atom. The van der Waals surface area contributed by atoms with Crippen molar-refractivity contribution in [3.05, 3.63) is 63.2 Å². The minimum absolute atomic E-state index is 0.0729. The summed E-state index contributed by atoms with van der Waals surface area (Å²) in [7, 11) is 0. The quantitative estimate of drug-likeness (QED) is 0.615. The minimum atomic E-state index is -0.659. The first-order chi connectivity index (χ1) is 12.8. The molecule has 0 radical (unpaired) electrons. The zero-order valence-corrected chi connectivity index (χ0v) is 14.9. The molecular weight excluding hydrogens is 380 g/mol. The number of nitro benzene ring substituents is 1. The van der Waals surface area contributed by atoms with Crippen LogP contribution in [0.5, 0.6) is 0 Å². The van der Waals surface area contributed by atoms with E-state index in [2.05, 4.69) is 5.32 Å². The molecule has 0 atom stereocenters. The number of carbonyl (C=O) groups excluding carboxylic acids is 1. The van der Waals surface area contributed by atoms with Crippen molar-refractivity contribution in [2.24, 2.45) is 5.92 Å². The van der Waals surface area contributed by atoms with Crippen LogP contribution in [0.25, 0.3) is 0 Å². The maximum atomic E-state index is 14.1. The number of anilines is 2. The Morgan fingerprint density at radius 1 is 1.15 bits per heavy atom. The predicted molar refractivity (Wildman–Crippen MR) is 98.0 cm³/mol. The number of carbonyl (C=O) groups is 1. The number of piperidine rings is 1. The van der Waals surface area contributed by atoms with Gasteiger partial charge in [-0.15, -0.1) is 0 Å². The Balaban J connectivity index is 1.60. The summed E-state index contributed by atoms with van der Waals surface area (Å²) in [5.41, 5.74) is 0.392. The monoisotopic (exact) mass is 395 g/mol. The number of halogens is 3. The average Bonchev–Trinajstić information content (AvgIpc) is 2.64. The second-order valence-electron chi connectivity index (χ2n) is 6.27. The number of amides is 1. The largest absolute Gasteiger partial charge is 0.369 e. The van der Waals surface area contributed by atoms with Crippen molar-refractivity contribution < 1.29 is 18.5 Å². The van der Waals surface area contributed by atoms with Gasteiger partial charge in [0, 0.05) is 30.8 Å². The summed E-state index contributed by atoms with van der Waals surface area (Å²) in [6.07, 6.45) is 0.994. The molecule has 0 saturated carbocycles. The Morgan fingerprint density at radius 2 is 1.85 bits per heavy atom. The molecule has 1 heterocycles. The zero-order chi connectivity index (χ0) is 19.6. The maximum Gasteiger partial charge on any atom is 0.272 e. The number of nitrogens with zero attached hydrogens (tertiary/aromatic N) is 2. The van der Waals surface area contributed by atoms with Crippen LogP contribution in [0.3, 0.4) is 0 Å². The van der Waals surface area contributed by atoms with Gasteiger partial charge in [-0.2, -0.15) is 0 Å². The van der Waals surface area contributed by atoms with Crippen molar-refractivity contribution in [1.29, 1.82) is 0 Å². The number of hydrogen-bond acceptors (Lipinski definition) is 4. The van der Waals surface area contributed by atoms with E-state index < -0.39 is 16.6 Å². The summed E-state index contributed by atoms with van der Waals surface area (Å²) in [5.74, 6) is -1.70. The van der Waals surface area contributed by atoms with Gasteiger partial charge in [-0.25, -0.2) is 8.78 Å². The number of hydrogen-bond donors (Lipinski definition) is 1. The lowest BCUT2D eigenvalue weighted by molar-refractivity contribution is -0.385. The number of benzene rings is 2. The fourth-order valence-corrected chi connectivity index (χ4v) is 3.25. The lowest BCUT2D eigenvalue weighted by atomic mass is 9.95. The molecule has 0 bridgehead atoms. The maximum absolute atomic E-state index is 14.1. The molecule has 1 aliphatic rings. The summed E-state index contributed by atoms with van der Waals surface area (Å²) in [6, 6.07) is 7.49. The molecule has 1 saturated heterocycles. The highest BCUT2D eigenvalue weighted by Gasteiger charge is 2.27. The van der Waals surface area contributed by atoms with Crippen LogP contribution in [0.4, 0.5) is 25.8 Å². The van der Waals surface area contributed by atoms with Crippen molar-refractivity contribution in [1.82, 2.24) is 0 Å². The van der Waals surface area contributed by atoms with E-state index in [1.807, 2.05) is 0 Å². The molecule has 0 spiro atoms. The van der Waals surface area contributed by atoms with Crippen molar-refractivity contribution in [3.8, 4) is 0 Å². The van der Waals surface area contributed by atoms with Crippen LogP contribution in [0, 0.1) is 27.7 Å². The third kappa shape index (κ3) is 4.33. The van der Waals surface area contributed by atoms with Gasteiger partial charge in [-0.1, -0.05) is 11.6 Å². The second kappa shape index (κ2) is 7.87. The van der Waals surface area contributed by atoms with Crippen molar-refractivity contribution >= 4 is 34.6 Å². The van der Waals surface area contributed by atoms with Crippen molar-refractivity contribution in [2.45, 2.75) is 12.8 Å². The molecule has 2 aromatic carbocycles. The molecule has 27 heavy (non-hydrogen) atoms. The average molecular weight is 396 g/mol. The van der Waals surface area contributed by atoms with E-state index in [4.69, 9.17) is 11.6 Å². The minimum Gasteiger partial charge on any atom is -0.369 e. The van der Waals surface area contributed by atoms with E-state index in [1.165, 1.54) is 30.3 Å². The molecule has 1 fully saturated rings. The lowest BCUT2D eigenvalue weighted by Gasteiger charge is -2.33. The number of rotatable bonds is 4. The van der Waals surface area contributed by atoms with Crippen LogP contribution >= 0.6 is 11.6 Å². The summed E-state index contributed by atoms with van der Waals surface area (Å²) in [6.45, 7) is 0.883. The molecule has 3 rings (SSSR count). The molecule has 0 unspecified atom stereocenters. The van der Waals surface area contributed by atoms with E-state index in [0.29, 0.717) is 31.6 Å². The van der Waals surface area contributed by atoms with E-state index in [9.17, 15) is 23.7 Å². The molecule has 0 aliphatic carbocycles. The van der Waals surface area contributed by atoms with Gasteiger partial charge in [0.2, 0.25) is 5.91 Å². The Labute approximate surface area is 158 Å². The van der Waals surface area contributed by atoms with Crippen LogP contribution in [-0.2, 0) is 4.79 Å². The summed E-state index contributed by atoms with van der Waals surface area (Å²) in [5, 5.41) is 13.3. The van der Waals surface area contributed by atoms with Crippen LogP contribution in [0.15, 0.2) is 36.4 Å². The third-order valence-corrected chi connectivity index (χ3v) is 4.83. The Bertz CT molecular complexity index is 886. The van der Waals surface area contributed by atoms with Gasteiger partial charge in [-0.3, -0.25) is 14.9 Å². The van der Waals surface area contributed by atoms with Crippen molar-refractivity contribution in [2.75, 3.05) is 23.3 Å². The number of nitrogens with one attached hydrogen (secondary N) is 1. The van der Waals surface area contributed by atoms with Gasteiger partial charge >= 0.3 is 0 Å². The third-order valence-electron chi connectivity index (χ3n) is 4.54. The standard InChI is InChI=1S/C18H16ClF2N3O3/c19-14-9-12(1-3-15(14)20)22-18(25)11-5-7-23(8-6-11)17-4-2-13(24(26)27)10-16(17)21/h1-4,9-11H,5-8H2,(H,22,25). The van der Waals surface area contributed by atoms with Crippen LogP contribution < -0.4 is 10.2 Å². The molecule has 142 valence electrons. The Kier molecular flexibility index (Phi) is 5.55. The molecule has 6 nitrogen and oxygen atoms in total. The van der Waals surface area contributed by atoms with Crippen LogP contribution in [0.1, 0.15) is 12.8 Å². The highest BCUT2D eigenvalue weighted by molar-refractivity contribution is 6.31. The first-order valence-electron chi connectivity index (χ1n) is 8.30. The normalized spacial score (nSPS) is 14.9. The Hall–Kier alpha value is -2.74. The van der Waals surface area contributed by atoms with E-state index in [-0.39, 0.29) is 28.2 Å². The number of nitro groups is 1. The number of non-ortho nitro benzene ring substituents is 1. The fourth-order valence-electron chi connectivity index (χ4n) is 3.07. The molecule has 1 aliphatic heterocycles. The highest BCUT2D eigenvalue weighted by atomic mass is 35.5. The lowest BCUT2D eigenvalue weighted by Crippen LogP contribution is -2.38. The van der Waals surface area contributed by atoms with Gasteiger partial charge in [0.05, 0.1) is 21.7 Å². The first kappa shape index (κ1) is 19.0. The van der Waals surface area contributed by atoms with Crippen LogP contribution in [0.2, 0.25) is 5.02 Å². The highest BCUT2D eigenvalue weighted by Crippen LogP contribution is 2.29. The first-order valence-corrected chi connectivity index (χ1v) is 8.68. The molecule has 0 aromatic heterocycles. The van der Waals surface area contributed by atoms with Gasteiger partial charge in [0.1, 0.15) is 5.82 Å². The summed E-state index contributed by atoms with van der Waals surface area (Å²) in [4.78, 5) is 24.2. The smallest absolute Gasteiger partial charge is 0.272 e. The van der Waals surface area contributed by atoms with Gasteiger partial charge in [0.25, 0.3) is 5.69 Å². The van der Waals surface area contributed by atoms with E-state index >= 15 is 0 Å². The summed E-state index contributed by atoms with van der Waals surface area (Å²) < 4.78 is 27.3. The summed E-state index contributed by atoms with van der Waals surface area (Å²) >= 11 is 5.70. The SMILES string of the molecule is O=C(Nc1ccc(F)c(Cl)c1)C1CCN(c2ccc([N+](=O)[O-])cc2F)CC1. The van der Waals surface area contributed by atoms with Crippen molar-refractivity contribution in [3.63, 3.8) is 0 Å². The van der Waals surface area contributed by atoms with Gasteiger partial charge in [-0.05, 0) is 37.1 Å². The predicted octanol–water partition coefficient (Wildman–Crippen LogP) is 4.38. The van der Waals surface area contributed by atoms with Crippen LogP contribution in [-0.4, -0.2) is 23.9 Å². The second-order valence-corrected chi connectivity index (χ2v) is 6.68. The fraction of sp³-hybridized carbons (Fsp3) is 0.278. The van der Waals surface area contributed by atoms with Gasteiger partial charge in [0.15, 0.2) is 5.82 Å². The topological polar surface area (TPSA) is 75.5 Å². The molecule has 2 aromatic rings. The molecular formula is C18H16ClF2N3O3.